The van der Waals surface area contributed by atoms with E-state index < -0.39 is 0 Å². The molecular formula is C21H18N4O4S. The van der Waals surface area contributed by atoms with Crippen molar-refractivity contribution in [2.45, 2.75) is 13.5 Å². The van der Waals surface area contributed by atoms with Crippen molar-refractivity contribution in [2.24, 2.45) is 0 Å². The second kappa shape index (κ2) is 8.34. The highest BCUT2D eigenvalue weighted by atomic mass is 32.1. The minimum atomic E-state index is -0.348. The predicted octanol–water partition coefficient (Wildman–Crippen LogP) is 3.85. The van der Waals surface area contributed by atoms with E-state index in [4.69, 9.17) is 9.15 Å². The Bertz CT molecular complexity index is 1230. The average molecular weight is 422 g/mol. The summed E-state index contributed by atoms with van der Waals surface area (Å²) in [5, 5.41) is 8.55. The largest absolute Gasteiger partial charge is 0.497 e. The van der Waals surface area contributed by atoms with E-state index in [1.807, 2.05) is 18.2 Å². The number of ether oxygens (including phenoxy) is 1. The van der Waals surface area contributed by atoms with E-state index >= 15 is 0 Å². The molecular weight excluding hydrogens is 404 g/mol. The SMILES string of the molecule is COc1ccc2nc(C(=O)Nc3nc(-c4ccc(CNC(C)=O)o4)cs3)ccc2c1. The number of hydrogen-bond acceptors (Lipinski definition) is 7. The van der Waals surface area contributed by atoms with Gasteiger partial charge < -0.3 is 14.5 Å². The Labute approximate surface area is 175 Å². The Hall–Kier alpha value is -3.72. The van der Waals surface area contributed by atoms with Gasteiger partial charge in [0.2, 0.25) is 5.91 Å². The second-order valence-corrected chi connectivity index (χ2v) is 7.28. The van der Waals surface area contributed by atoms with Gasteiger partial charge in [0, 0.05) is 17.7 Å². The fraction of sp³-hybridized carbons (Fsp3) is 0.143. The molecule has 4 rings (SSSR count). The van der Waals surface area contributed by atoms with Crippen molar-refractivity contribution >= 4 is 39.2 Å². The minimum Gasteiger partial charge on any atom is -0.497 e. The van der Waals surface area contributed by atoms with Gasteiger partial charge in [-0.05, 0) is 36.4 Å². The molecule has 30 heavy (non-hydrogen) atoms. The highest BCUT2D eigenvalue weighted by Crippen LogP contribution is 2.27. The van der Waals surface area contributed by atoms with Gasteiger partial charge in [-0.25, -0.2) is 9.97 Å². The third-order valence-electron chi connectivity index (χ3n) is 4.28. The summed E-state index contributed by atoms with van der Waals surface area (Å²) in [6.07, 6.45) is 0. The first kappa shape index (κ1) is 19.6. The first-order valence-electron chi connectivity index (χ1n) is 9.07. The van der Waals surface area contributed by atoms with Crippen LogP contribution in [0.2, 0.25) is 0 Å². The lowest BCUT2D eigenvalue weighted by atomic mass is 10.2. The van der Waals surface area contributed by atoms with E-state index in [0.717, 1.165) is 11.1 Å². The van der Waals surface area contributed by atoms with Crippen LogP contribution in [-0.2, 0) is 11.3 Å². The van der Waals surface area contributed by atoms with Gasteiger partial charge in [-0.3, -0.25) is 14.9 Å². The van der Waals surface area contributed by atoms with Crippen LogP contribution in [0, 0.1) is 0 Å². The van der Waals surface area contributed by atoms with Crippen molar-refractivity contribution in [1.82, 2.24) is 15.3 Å². The number of aromatic nitrogens is 2. The number of anilines is 1. The molecule has 8 nitrogen and oxygen atoms in total. The smallest absolute Gasteiger partial charge is 0.276 e. The van der Waals surface area contributed by atoms with Crippen LogP contribution >= 0.6 is 11.3 Å². The first-order chi connectivity index (χ1) is 14.5. The maximum atomic E-state index is 12.6. The van der Waals surface area contributed by atoms with Crippen LogP contribution in [0.25, 0.3) is 22.4 Å². The number of amides is 2. The molecule has 0 fully saturated rings. The topological polar surface area (TPSA) is 106 Å². The van der Waals surface area contributed by atoms with Gasteiger partial charge >= 0.3 is 0 Å². The molecule has 0 aliphatic rings. The fourth-order valence-corrected chi connectivity index (χ4v) is 3.48. The maximum absolute atomic E-state index is 12.6. The Balaban J connectivity index is 1.46. The molecule has 1 aromatic carbocycles. The number of nitrogens with one attached hydrogen (secondary N) is 2. The standard InChI is InChI=1S/C21H18N4O4S/c1-12(26)22-10-15-5-8-19(29-15)18-11-30-21(24-18)25-20(27)17-6-3-13-9-14(28-2)4-7-16(13)23-17/h3-9,11H,10H2,1-2H3,(H,22,26)(H,24,25,27). The van der Waals surface area contributed by atoms with Crippen molar-refractivity contribution < 1.29 is 18.7 Å². The molecule has 0 radical (unpaired) electrons. The normalized spacial score (nSPS) is 10.7. The van der Waals surface area contributed by atoms with Crippen molar-refractivity contribution in [2.75, 3.05) is 12.4 Å². The number of nitrogens with zero attached hydrogens (tertiary/aromatic N) is 2. The number of benzene rings is 1. The summed E-state index contributed by atoms with van der Waals surface area (Å²) in [5.41, 5.74) is 1.59. The van der Waals surface area contributed by atoms with E-state index in [2.05, 4.69) is 20.6 Å². The van der Waals surface area contributed by atoms with E-state index in [1.165, 1.54) is 18.3 Å². The summed E-state index contributed by atoms with van der Waals surface area (Å²) < 4.78 is 10.9. The zero-order valence-electron chi connectivity index (χ0n) is 16.3. The van der Waals surface area contributed by atoms with Gasteiger partial charge in [0.25, 0.3) is 5.91 Å². The van der Waals surface area contributed by atoms with Gasteiger partial charge in [0.1, 0.15) is 22.9 Å². The highest BCUT2D eigenvalue weighted by Gasteiger charge is 2.14. The molecule has 3 heterocycles. The number of rotatable bonds is 6. The molecule has 152 valence electrons. The number of fused-ring (bicyclic) bond motifs is 1. The molecule has 9 heteroatoms. The number of furan rings is 1. The van der Waals surface area contributed by atoms with Crippen LogP contribution in [0.1, 0.15) is 23.2 Å². The molecule has 0 atom stereocenters. The molecule has 0 aliphatic carbocycles. The second-order valence-electron chi connectivity index (χ2n) is 6.42. The molecule has 3 aromatic heterocycles. The van der Waals surface area contributed by atoms with Gasteiger partial charge in [0.15, 0.2) is 10.9 Å². The number of pyridine rings is 1. The summed E-state index contributed by atoms with van der Waals surface area (Å²) in [6.45, 7) is 1.75. The van der Waals surface area contributed by atoms with Crippen LogP contribution in [0.15, 0.2) is 52.3 Å². The van der Waals surface area contributed by atoms with E-state index in [0.29, 0.717) is 40.1 Å². The Morgan fingerprint density at radius 3 is 2.80 bits per heavy atom. The lowest BCUT2D eigenvalue weighted by Gasteiger charge is -2.05. The summed E-state index contributed by atoms with van der Waals surface area (Å²) in [5.74, 6) is 1.43. The lowest BCUT2D eigenvalue weighted by molar-refractivity contribution is -0.119. The van der Waals surface area contributed by atoms with Gasteiger partial charge in [-0.1, -0.05) is 6.07 Å². The first-order valence-corrected chi connectivity index (χ1v) is 9.95. The van der Waals surface area contributed by atoms with Crippen LogP contribution in [0.4, 0.5) is 5.13 Å². The van der Waals surface area contributed by atoms with Gasteiger partial charge in [-0.15, -0.1) is 11.3 Å². The van der Waals surface area contributed by atoms with Crippen molar-refractivity contribution in [1.29, 1.82) is 0 Å². The van der Waals surface area contributed by atoms with Crippen LogP contribution in [0.5, 0.6) is 5.75 Å². The Kier molecular flexibility index (Phi) is 5.44. The summed E-state index contributed by atoms with van der Waals surface area (Å²) in [7, 11) is 1.60. The zero-order chi connectivity index (χ0) is 21.1. The maximum Gasteiger partial charge on any atom is 0.276 e. The molecule has 0 bridgehead atoms. The van der Waals surface area contributed by atoms with E-state index in [1.54, 1.807) is 36.8 Å². The molecule has 0 aliphatic heterocycles. The highest BCUT2D eigenvalue weighted by molar-refractivity contribution is 7.14. The molecule has 2 amide bonds. The van der Waals surface area contributed by atoms with E-state index in [9.17, 15) is 9.59 Å². The monoisotopic (exact) mass is 422 g/mol. The number of hydrogen-bond donors (Lipinski definition) is 2. The predicted molar refractivity (Wildman–Crippen MR) is 114 cm³/mol. The van der Waals surface area contributed by atoms with Crippen molar-refractivity contribution in [3.8, 4) is 17.2 Å². The third-order valence-corrected chi connectivity index (χ3v) is 5.04. The number of methoxy groups -OCH3 is 1. The Morgan fingerprint density at radius 1 is 1.13 bits per heavy atom. The quantitative estimate of drug-likeness (QED) is 0.489. The van der Waals surface area contributed by atoms with Crippen LogP contribution in [0.3, 0.4) is 0 Å². The number of thiazole rings is 1. The molecule has 0 saturated heterocycles. The van der Waals surface area contributed by atoms with Gasteiger partial charge in [-0.2, -0.15) is 0 Å². The minimum absolute atomic E-state index is 0.131. The summed E-state index contributed by atoms with van der Waals surface area (Å²) >= 11 is 1.29. The fourth-order valence-electron chi connectivity index (χ4n) is 2.78. The molecule has 0 spiro atoms. The Morgan fingerprint density at radius 2 is 2.00 bits per heavy atom. The molecule has 2 N–H and O–H groups in total. The molecule has 0 unspecified atom stereocenters. The number of carbonyl (C=O) groups excluding carboxylic acids is 2. The molecule has 4 aromatic rings. The van der Waals surface area contributed by atoms with Crippen LogP contribution in [-0.4, -0.2) is 28.9 Å². The summed E-state index contributed by atoms with van der Waals surface area (Å²) in [4.78, 5) is 32.4. The van der Waals surface area contributed by atoms with Crippen LogP contribution < -0.4 is 15.4 Å². The average Bonchev–Trinajstić information content (AvgIpc) is 3.40. The van der Waals surface area contributed by atoms with Crippen molar-refractivity contribution in [3.63, 3.8) is 0 Å². The van der Waals surface area contributed by atoms with Gasteiger partial charge in [0.05, 0.1) is 19.2 Å². The zero-order valence-corrected chi connectivity index (χ0v) is 17.1. The number of carbonyl (C=O) groups is 2. The van der Waals surface area contributed by atoms with E-state index in [-0.39, 0.29) is 11.8 Å². The summed E-state index contributed by atoms with van der Waals surface area (Å²) in [6, 6.07) is 12.5. The third kappa shape index (κ3) is 4.31. The lowest BCUT2D eigenvalue weighted by Crippen LogP contribution is -2.18. The van der Waals surface area contributed by atoms with Crippen molar-refractivity contribution in [3.05, 3.63) is 59.3 Å². The molecule has 0 saturated carbocycles.